The molecule has 6 nitrogen and oxygen atoms in total. The van der Waals surface area contributed by atoms with Gasteiger partial charge in [-0.25, -0.2) is 13.4 Å². The molecule has 3 aromatic rings. The van der Waals surface area contributed by atoms with Crippen LogP contribution in [-0.4, -0.2) is 38.2 Å². The first kappa shape index (κ1) is 23.4. The Hall–Kier alpha value is -2.26. The maximum atomic E-state index is 12.8. The van der Waals surface area contributed by atoms with Gasteiger partial charge in [-0.1, -0.05) is 47.5 Å². The summed E-state index contributed by atoms with van der Waals surface area (Å²) in [5, 5.41) is 6.52. The number of carbonyl (C=O) groups is 1. The molecule has 10 heteroatoms. The van der Waals surface area contributed by atoms with Gasteiger partial charge >= 0.3 is 0 Å². The van der Waals surface area contributed by atoms with Crippen LogP contribution in [0.5, 0.6) is 0 Å². The number of nitrogens with zero attached hydrogens (tertiary/aromatic N) is 1. The molecule has 0 fully saturated rings. The second kappa shape index (κ2) is 10.9. The third-order valence-electron chi connectivity index (χ3n) is 4.14. The van der Waals surface area contributed by atoms with Crippen molar-refractivity contribution in [2.24, 2.45) is 0 Å². The Kier molecular flexibility index (Phi) is 8.20. The van der Waals surface area contributed by atoms with Crippen molar-refractivity contribution in [2.45, 2.75) is 14.8 Å². The highest BCUT2D eigenvalue weighted by molar-refractivity contribution is 7.99. The summed E-state index contributed by atoms with van der Waals surface area (Å²) < 4.78 is 25.6. The standard InChI is InChI=1S/C21H19Cl2N3O3S2/c22-20-16(26-14-18(27)24-12-13-30-19-8-4-5-11-25-19)9-10-17(21(20)23)31(28,29)15-6-2-1-3-7-15/h1-11,26H,12-14H2,(H,24,27). The number of sulfone groups is 1. The van der Waals surface area contributed by atoms with Crippen LogP contribution in [-0.2, 0) is 14.6 Å². The van der Waals surface area contributed by atoms with Gasteiger partial charge in [0.2, 0.25) is 15.7 Å². The van der Waals surface area contributed by atoms with Crippen molar-refractivity contribution in [3.05, 3.63) is 76.9 Å². The van der Waals surface area contributed by atoms with Crippen LogP contribution in [0.3, 0.4) is 0 Å². The van der Waals surface area contributed by atoms with Gasteiger partial charge in [0.25, 0.3) is 0 Å². The fraction of sp³-hybridized carbons (Fsp3) is 0.143. The molecule has 2 N–H and O–H groups in total. The number of nitrogens with one attached hydrogen (secondary N) is 2. The summed E-state index contributed by atoms with van der Waals surface area (Å²) in [6.07, 6.45) is 1.72. The summed E-state index contributed by atoms with van der Waals surface area (Å²) in [6, 6.07) is 16.5. The topological polar surface area (TPSA) is 88.2 Å². The van der Waals surface area contributed by atoms with E-state index >= 15 is 0 Å². The van der Waals surface area contributed by atoms with Crippen LogP contribution < -0.4 is 10.6 Å². The average molecular weight is 496 g/mol. The number of rotatable bonds is 9. The highest BCUT2D eigenvalue weighted by Crippen LogP contribution is 2.37. The monoisotopic (exact) mass is 495 g/mol. The van der Waals surface area contributed by atoms with Gasteiger partial charge < -0.3 is 10.6 Å². The minimum atomic E-state index is -3.81. The molecule has 0 saturated heterocycles. The van der Waals surface area contributed by atoms with E-state index in [2.05, 4.69) is 15.6 Å². The van der Waals surface area contributed by atoms with Gasteiger partial charge in [0.05, 0.1) is 37.1 Å². The zero-order chi connectivity index (χ0) is 22.3. The van der Waals surface area contributed by atoms with E-state index in [9.17, 15) is 13.2 Å². The number of pyridine rings is 1. The van der Waals surface area contributed by atoms with Crippen molar-refractivity contribution in [1.29, 1.82) is 0 Å². The van der Waals surface area contributed by atoms with Crippen molar-refractivity contribution >= 4 is 56.4 Å². The number of anilines is 1. The first-order valence-electron chi connectivity index (χ1n) is 9.22. The normalized spacial score (nSPS) is 11.2. The lowest BCUT2D eigenvalue weighted by molar-refractivity contribution is -0.119. The fourth-order valence-corrected chi connectivity index (χ4v) is 5.45. The number of amides is 1. The Morgan fingerprint density at radius 1 is 0.968 bits per heavy atom. The van der Waals surface area contributed by atoms with Gasteiger partial charge in [0.15, 0.2) is 0 Å². The molecule has 3 rings (SSSR count). The largest absolute Gasteiger partial charge is 0.375 e. The van der Waals surface area contributed by atoms with E-state index in [1.54, 1.807) is 36.2 Å². The second-order valence-electron chi connectivity index (χ2n) is 6.28. The van der Waals surface area contributed by atoms with Crippen molar-refractivity contribution in [1.82, 2.24) is 10.3 Å². The third kappa shape index (κ3) is 6.13. The van der Waals surface area contributed by atoms with E-state index in [1.807, 2.05) is 18.2 Å². The van der Waals surface area contributed by atoms with Crippen molar-refractivity contribution in [3.63, 3.8) is 0 Å². The van der Waals surface area contributed by atoms with Gasteiger partial charge in [0, 0.05) is 18.5 Å². The van der Waals surface area contributed by atoms with Crippen LogP contribution in [0.1, 0.15) is 0 Å². The lowest BCUT2D eigenvalue weighted by atomic mass is 10.3. The van der Waals surface area contributed by atoms with E-state index < -0.39 is 9.84 Å². The van der Waals surface area contributed by atoms with Crippen LogP contribution in [0.25, 0.3) is 0 Å². The predicted octanol–water partition coefficient (Wildman–Crippen LogP) is 4.54. The van der Waals surface area contributed by atoms with Gasteiger partial charge in [-0.15, -0.1) is 11.8 Å². The molecule has 1 heterocycles. The maximum absolute atomic E-state index is 12.8. The molecular weight excluding hydrogens is 477 g/mol. The van der Waals surface area contributed by atoms with Crippen molar-refractivity contribution in [3.8, 4) is 0 Å². The van der Waals surface area contributed by atoms with E-state index in [1.165, 1.54) is 24.3 Å². The quantitative estimate of drug-likeness (QED) is 0.334. The van der Waals surface area contributed by atoms with Gasteiger partial charge in [-0.2, -0.15) is 0 Å². The summed E-state index contributed by atoms with van der Waals surface area (Å²) >= 11 is 14.1. The number of carbonyl (C=O) groups excluding carboxylic acids is 1. The predicted molar refractivity (Wildman–Crippen MR) is 125 cm³/mol. The van der Waals surface area contributed by atoms with Crippen LogP contribution in [0.15, 0.2) is 81.7 Å². The molecule has 0 unspecified atom stereocenters. The maximum Gasteiger partial charge on any atom is 0.239 e. The molecule has 0 bridgehead atoms. The lowest BCUT2D eigenvalue weighted by Crippen LogP contribution is -2.31. The molecule has 0 saturated carbocycles. The first-order valence-corrected chi connectivity index (χ1v) is 12.4. The molecule has 2 aromatic carbocycles. The molecule has 1 aromatic heterocycles. The molecule has 0 aliphatic rings. The lowest BCUT2D eigenvalue weighted by Gasteiger charge is -2.13. The van der Waals surface area contributed by atoms with Crippen LogP contribution in [0.2, 0.25) is 10.0 Å². The van der Waals surface area contributed by atoms with E-state index in [-0.39, 0.29) is 32.3 Å². The van der Waals surface area contributed by atoms with E-state index in [0.29, 0.717) is 18.0 Å². The Bertz CT molecular complexity index is 1150. The van der Waals surface area contributed by atoms with Crippen LogP contribution in [0, 0.1) is 0 Å². The summed E-state index contributed by atoms with van der Waals surface area (Å²) in [5.41, 5.74) is 0.372. The number of hydrogen-bond donors (Lipinski definition) is 2. The Balaban J connectivity index is 1.56. The second-order valence-corrected chi connectivity index (χ2v) is 10.1. The Morgan fingerprint density at radius 2 is 1.71 bits per heavy atom. The SMILES string of the molecule is O=C(CNc1ccc(S(=O)(=O)c2ccccc2)c(Cl)c1Cl)NCCSc1ccccn1. The zero-order valence-electron chi connectivity index (χ0n) is 16.2. The van der Waals surface area contributed by atoms with E-state index in [0.717, 1.165) is 5.03 Å². The van der Waals surface area contributed by atoms with Crippen LogP contribution in [0.4, 0.5) is 5.69 Å². The zero-order valence-corrected chi connectivity index (χ0v) is 19.4. The summed E-state index contributed by atoms with van der Waals surface area (Å²) in [7, 11) is -3.81. The smallest absolute Gasteiger partial charge is 0.239 e. The average Bonchev–Trinajstić information content (AvgIpc) is 2.79. The Morgan fingerprint density at radius 3 is 2.42 bits per heavy atom. The number of thioether (sulfide) groups is 1. The molecule has 0 spiro atoms. The summed E-state index contributed by atoms with van der Waals surface area (Å²) in [4.78, 5) is 16.3. The first-order chi connectivity index (χ1) is 14.9. The van der Waals surface area contributed by atoms with Crippen molar-refractivity contribution < 1.29 is 13.2 Å². The minimum Gasteiger partial charge on any atom is -0.375 e. The van der Waals surface area contributed by atoms with Gasteiger partial charge in [0.1, 0.15) is 0 Å². The third-order valence-corrected chi connectivity index (χ3v) is 7.89. The molecule has 0 aliphatic heterocycles. The fourth-order valence-electron chi connectivity index (χ4n) is 2.62. The molecule has 31 heavy (non-hydrogen) atoms. The number of benzene rings is 2. The Labute approximate surface area is 195 Å². The minimum absolute atomic E-state index is 0.0327. The highest BCUT2D eigenvalue weighted by Gasteiger charge is 2.23. The number of hydrogen-bond acceptors (Lipinski definition) is 6. The van der Waals surface area contributed by atoms with E-state index in [4.69, 9.17) is 23.2 Å². The summed E-state index contributed by atoms with van der Waals surface area (Å²) in [5.74, 6) is 0.455. The van der Waals surface area contributed by atoms with Crippen molar-refractivity contribution in [2.75, 3.05) is 24.2 Å². The van der Waals surface area contributed by atoms with Gasteiger partial charge in [-0.3, -0.25) is 4.79 Å². The molecule has 0 atom stereocenters. The molecular formula is C21H19Cl2N3O3S2. The number of halogens is 2. The van der Waals surface area contributed by atoms with Crippen LogP contribution >= 0.6 is 35.0 Å². The summed E-state index contributed by atoms with van der Waals surface area (Å²) in [6.45, 7) is 0.444. The molecule has 1 amide bonds. The molecule has 162 valence electrons. The number of aromatic nitrogens is 1. The molecule has 0 radical (unpaired) electrons. The highest BCUT2D eigenvalue weighted by atomic mass is 35.5. The van der Waals surface area contributed by atoms with Gasteiger partial charge in [-0.05, 0) is 36.4 Å². The molecule has 0 aliphatic carbocycles.